The monoisotopic (exact) mass is 751 g/mol. The Bertz CT molecular complexity index is 824. The largest absolute Gasteiger partial charge is 0.462 e. The lowest BCUT2D eigenvalue weighted by molar-refractivity contribution is -0.167. The van der Waals surface area contributed by atoms with E-state index in [9.17, 15) is 14.4 Å². The van der Waals surface area contributed by atoms with Gasteiger partial charge in [-0.2, -0.15) is 0 Å². The molecular weight excluding hydrogens is 661 g/mol. The van der Waals surface area contributed by atoms with Gasteiger partial charge in [0, 0.05) is 19.3 Å². The lowest BCUT2D eigenvalue weighted by atomic mass is 10.00. The number of esters is 3. The number of hydrogen-bond acceptors (Lipinski definition) is 6. The normalized spacial score (nSPS) is 12.7. The van der Waals surface area contributed by atoms with Crippen LogP contribution in [0.15, 0.2) is 0 Å². The molecule has 2 atom stereocenters. The summed E-state index contributed by atoms with van der Waals surface area (Å²) in [6, 6.07) is 0. The van der Waals surface area contributed by atoms with Gasteiger partial charge in [0.05, 0.1) is 0 Å². The second kappa shape index (κ2) is 38.7. The van der Waals surface area contributed by atoms with Gasteiger partial charge in [-0.3, -0.25) is 14.4 Å². The van der Waals surface area contributed by atoms with Crippen molar-refractivity contribution in [2.45, 2.75) is 253 Å². The van der Waals surface area contributed by atoms with Gasteiger partial charge in [0.15, 0.2) is 6.10 Å². The van der Waals surface area contributed by atoms with E-state index in [-0.39, 0.29) is 31.1 Å². The Labute approximate surface area is 329 Å². The Morgan fingerprint density at radius 3 is 0.981 bits per heavy atom. The third-order valence-electron chi connectivity index (χ3n) is 10.8. The zero-order valence-electron chi connectivity index (χ0n) is 36.3. The summed E-state index contributed by atoms with van der Waals surface area (Å²) in [5, 5.41) is 0. The number of carbonyl (C=O) groups is 3. The molecule has 0 saturated heterocycles. The second-order valence-corrected chi connectivity index (χ2v) is 17.2. The van der Waals surface area contributed by atoms with Gasteiger partial charge in [0.2, 0.25) is 0 Å². The third-order valence-corrected chi connectivity index (χ3v) is 10.8. The molecule has 0 aromatic heterocycles. The van der Waals surface area contributed by atoms with E-state index in [1.54, 1.807) is 0 Å². The van der Waals surface area contributed by atoms with Crippen LogP contribution in [0.2, 0.25) is 0 Å². The summed E-state index contributed by atoms with van der Waals surface area (Å²) in [7, 11) is 0. The SMILES string of the molecule is CCC(C)CCCCCCCCC(=O)O[C@H](COC(=O)CCCCCCCCCCCCCCCC(C)C)COC(=O)CCCCCCCCC(C)C. The van der Waals surface area contributed by atoms with Crippen LogP contribution in [-0.4, -0.2) is 37.2 Å². The topological polar surface area (TPSA) is 78.9 Å². The molecule has 0 fully saturated rings. The molecule has 0 saturated carbocycles. The predicted octanol–water partition coefficient (Wildman–Crippen LogP) is 14.4. The summed E-state index contributed by atoms with van der Waals surface area (Å²) in [5.74, 6) is 1.54. The standard InChI is InChI=1S/C47H90O6/c1-7-43(6)35-29-23-18-20-26-32-38-47(50)53-44(40-52-46(49)37-31-25-19-17-22-28-34-42(4)5)39-51-45(48)36-30-24-16-14-12-10-8-9-11-13-15-21-27-33-41(2)3/h41-44H,7-40H2,1-6H3/t43?,44-/m1/s1. The van der Waals surface area contributed by atoms with E-state index in [0.717, 1.165) is 75.5 Å². The molecule has 0 N–H and O–H groups in total. The maximum absolute atomic E-state index is 12.7. The highest BCUT2D eigenvalue weighted by atomic mass is 16.6. The van der Waals surface area contributed by atoms with Crippen LogP contribution in [0.5, 0.6) is 0 Å². The van der Waals surface area contributed by atoms with Crippen molar-refractivity contribution in [1.82, 2.24) is 0 Å². The molecule has 0 rings (SSSR count). The number of hydrogen-bond donors (Lipinski definition) is 0. The third kappa shape index (κ3) is 39.9. The maximum Gasteiger partial charge on any atom is 0.306 e. The zero-order chi connectivity index (χ0) is 39.2. The van der Waals surface area contributed by atoms with Crippen LogP contribution in [0.25, 0.3) is 0 Å². The molecule has 0 aliphatic carbocycles. The molecule has 314 valence electrons. The Morgan fingerprint density at radius 1 is 0.377 bits per heavy atom. The molecule has 0 radical (unpaired) electrons. The van der Waals surface area contributed by atoms with E-state index in [1.165, 1.54) is 128 Å². The average Bonchev–Trinajstić information content (AvgIpc) is 3.12. The first-order chi connectivity index (χ1) is 25.6. The Kier molecular flexibility index (Phi) is 37.5. The first kappa shape index (κ1) is 51.4. The highest BCUT2D eigenvalue weighted by Crippen LogP contribution is 2.17. The maximum atomic E-state index is 12.7. The van der Waals surface area contributed by atoms with Crippen LogP contribution < -0.4 is 0 Å². The second-order valence-electron chi connectivity index (χ2n) is 17.2. The lowest BCUT2D eigenvalue weighted by Crippen LogP contribution is -2.30. The summed E-state index contributed by atoms with van der Waals surface area (Å²) < 4.78 is 16.7. The number of unbranched alkanes of at least 4 members (excludes halogenated alkanes) is 22. The molecular formula is C47H90O6. The van der Waals surface area contributed by atoms with Crippen LogP contribution in [0.4, 0.5) is 0 Å². The summed E-state index contributed by atoms with van der Waals surface area (Å²) in [6.45, 7) is 13.6. The molecule has 0 amide bonds. The van der Waals surface area contributed by atoms with E-state index in [2.05, 4.69) is 41.5 Å². The minimum atomic E-state index is -0.762. The van der Waals surface area contributed by atoms with Crippen molar-refractivity contribution >= 4 is 17.9 Å². The van der Waals surface area contributed by atoms with Gasteiger partial charge >= 0.3 is 17.9 Å². The lowest BCUT2D eigenvalue weighted by Gasteiger charge is -2.18. The van der Waals surface area contributed by atoms with Crippen molar-refractivity contribution in [3.63, 3.8) is 0 Å². The summed E-state index contributed by atoms with van der Waals surface area (Å²) >= 11 is 0. The van der Waals surface area contributed by atoms with Crippen molar-refractivity contribution < 1.29 is 28.6 Å². The van der Waals surface area contributed by atoms with Crippen LogP contribution in [0, 0.1) is 17.8 Å². The van der Waals surface area contributed by atoms with E-state index in [4.69, 9.17) is 14.2 Å². The molecule has 53 heavy (non-hydrogen) atoms. The van der Waals surface area contributed by atoms with Crippen molar-refractivity contribution in [2.24, 2.45) is 17.8 Å². The molecule has 1 unspecified atom stereocenters. The molecule has 6 heteroatoms. The Balaban J connectivity index is 4.28. The summed E-state index contributed by atoms with van der Waals surface area (Å²) in [6.07, 6.45) is 35.3. The number of rotatable bonds is 40. The first-order valence-electron chi connectivity index (χ1n) is 23.1. The molecule has 0 aromatic carbocycles. The van der Waals surface area contributed by atoms with Gasteiger partial charge in [-0.25, -0.2) is 0 Å². The van der Waals surface area contributed by atoms with Crippen molar-refractivity contribution in [3.05, 3.63) is 0 Å². The van der Waals surface area contributed by atoms with Gasteiger partial charge in [0.25, 0.3) is 0 Å². The average molecular weight is 751 g/mol. The van der Waals surface area contributed by atoms with Crippen molar-refractivity contribution in [2.75, 3.05) is 13.2 Å². The first-order valence-corrected chi connectivity index (χ1v) is 23.1. The minimum absolute atomic E-state index is 0.0671. The fourth-order valence-electron chi connectivity index (χ4n) is 6.85. The quantitative estimate of drug-likeness (QED) is 0.0352. The smallest absolute Gasteiger partial charge is 0.306 e. The fraction of sp³-hybridized carbons (Fsp3) is 0.936. The van der Waals surface area contributed by atoms with E-state index >= 15 is 0 Å². The van der Waals surface area contributed by atoms with Gasteiger partial charge < -0.3 is 14.2 Å². The molecule has 0 bridgehead atoms. The molecule has 0 heterocycles. The molecule has 6 nitrogen and oxygen atoms in total. The summed E-state index contributed by atoms with van der Waals surface area (Å²) in [4.78, 5) is 37.7. The Morgan fingerprint density at radius 2 is 0.660 bits per heavy atom. The van der Waals surface area contributed by atoms with Gasteiger partial charge in [-0.15, -0.1) is 0 Å². The van der Waals surface area contributed by atoms with Gasteiger partial charge in [-0.1, -0.05) is 208 Å². The van der Waals surface area contributed by atoms with E-state index < -0.39 is 6.10 Å². The van der Waals surface area contributed by atoms with E-state index in [1.807, 2.05) is 0 Å². The van der Waals surface area contributed by atoms with Crippen molar-refractivity contribution in [1.29, 1.82) is 0 Å². The van der Waals surface area contributed by atoms with Crippen LogP contribution in [-0.2, 0) is 28.6 Å². The molecule has 0 aliphatic heterocycles. The highest BCUT2D eigenvalue weighted by Gasteiger charge is 2.19. The summed E-state index contributed by atoms with van der Waals surface area (Å²) in [5.41, 5.74) is 0. The molecule has 0 aromatic rings. The fourth-order valence-corrected chi connectivity index (χ4v) is 6.85. The number of ether oxygens (including phenoxy) is 3. The molecule has 0 spiro atoms. The Hall–Kier alpha value is -1.59. The van der Waals surface area contributed by atoms with Crippen LogP contribution in [0.3, 0.4) is 0 Å². The zero-order valence-corrected chi connectivity index (χ0v) is 36.3. The molecule has 0 aliphatic rings. The van der Waals surface area contributed by atoms with Crippen LogP contribution in [0.1, 0.15) is 247 Å². The van der Waals surface area contributed by atoms with Crippen LogP contribution >= 0.6 is 0 Å². The van der Waals surface area contributed by atoms with Gasteiger partial charge in [0.1, 0.15) is 13.2 Å². The minimum Gasteiger partial charge on any atom is -0.462 e. The van der Waals surface area contributed by atoms with E-state index in [0.29, 0.717) is 19.3 Å². The predicted molar refractivity (Wildman–Crippen MR) is 224 cm³/mol. The van der Waals surface area contributed by atoms with Crippen molar-refractivity contribution in [3.8, 4) is 0 Å². The highest BCUT2D eigenvalue weighted by molar-refractivity contribution is 5.71. The number of carbonyl (C=O) groups excluding carboxylic acids is 3. The van der Waals surface area contributed by atoms with Gasteiger partial charge in [-0.05, 0) is 37.0 Å².